The van der Waals surface area contributed by atoms with Gasteiger partial charge in [0.1, 0.15) is 22.6 Å². The van der Waals surface area contributed by atoms with Crippen molar-refractivity contribution in [2.45, 2.75) is 32.9 Å². The van der Waals surface area contributed by atoms with Crippen LogP contribution in [0.25, 0.3) is 0 Å². The van der Waals surface area contributed by atoms with Crippen molar-refractivity contribution in [1.29, 1.82) is 0 Å². The van der Waals surface area contributed by atoms with Crippen LogP contribution in [-0.4, -0.2) is 60.5 Å². The molecule has 1 aromatic rings. The molecule has 1 saturated heterocycles. The summed E-state index contributed by atoms with van der Waals surface area (Å²) in [6, 6.07) is 1.27. The lowest BCUT2D eigenvalue weighted by Crippen LogP contribution is -2.41. The highest BCUT2D eigenvalue weighted by atomic mass is 16.5. The van der Waals surface area contributed by atoms with Crippen LogP contribution in [0.4, 0.5) is 4.79 Å². The zero-order valence-corrected chi connectivity index (χ0v) is 14.6. The zero-order valence-electron chi connectivity index (χ0n) is 14.6. The van der Waals surface area contributed by atoms with Crippen LogP contribution in [0.15, 0.2) is 10.5 Å². The second-order valence-electron chi connectivity index (χ2n) is 6.42. The molecule has 1 aliphatic rings. The zero-order chi connectivity index (χ0) is 18.1. The first-order chi connectivity index (χ1) is 11.2. The van der Waals surface area contributed by atoms with Crippen molar-refractivity contribution in [2.24, 2.45) is 0 Å². The van der Waals surface area contributed by atoms with Gasteiger partial charge in [0.05, 0.1) is 13.7 Å². The summed E-state index contributed by atoms with van der Waals surface area (Å²) in [5.41, 5.74) is -0.458. The fourth-order valence-electron chi connectivity index (χ4n) is 2.57. The number of methoxy groups -OCH3 is 1. The summed E-state index contributed by atoms with van der Waals surface area (Å²) in [4.78, 5) is 38.7. The first kappa shape index (κ1) is 18.0. The first-order valence-corrected chi connectivity index (χ1v) is 7.66. The Bertz CT molecular complexity index is 665. The Balaban J connectivity index is 1.92. The van der Waals surface area contributed by atoms with Crippen molar-refractivity contribution in [3.63, 3.8) is 0 Å². The lowest BCUT2D eigenvalue weighted by atomic mass is 10.1. The van der Waals surface area contributed by atoms with E-state index in [2.05, 4.69) is 5.32 Å². The molecule has 132 valence electrons. The number of rotatable bonds is 6. The molecular formula is C16H23N3O5. The molecule has 1 aliphatic heterocycles. The Morgan fingerprint density at radius 1 is 1.42 bits per heavy atom. The number of imide groups is 1. The molecule has 0 saturated carbocycles. The molecule has 3 amide bonds. The quantitative estimate of drug-likeness (QED) is 0.618. The molecule has 0 radical (unpaired) electrons. The van der Waals surface area contributed by atoms with Gasteiger partial charge in [-0.05, 0) is 33.9 Å². The molecule has 0 spiro atoms. The van der Waals surface area contributed by atoms with E-state index in [4.69, 9.17) is 9.15 Å². The third-order valence-electron chi connectivity index (χ3n) is 3.95. The first-order valence-electron chi connectivity index (χ1n) is 7.66. The minimum Gasteiger partial charge on any atom is -0.465 e. The second-order valence-corrected chi connectivity index (χ2v) is 6.42. The van der Waals surface area contributed by atoms with E-state index in [0.29, 0.717) is 30.2 Å². The van der Waals surface area contributed by atoms with Crippen molar-refractivity contribution in [3.05, 3.63) is 23.2 Å². The minimum atomic E-state index is -0.858. The lowest BCUT2D eigenvalue weighted by molar-refractivity contribution is -0.130. The Kier molecular flexibility index (Phi) is 4.98. The molecule has 0 unspecified atom stereocenters. The number of hydrogen-bond acceptors (Lipinski definition) is 6. The van der Waals surface area contributed by atoms with Crippen LogP contribution in [0.2, 0.25) is 0 Å². The number of nitrogens with one attached hydrogen (secondary N) is 1. The largest absolute Gasteiger partial charge is 0.465 e. The van der Waals surface area contributed by atoms with Crippen molar-refractivity contribution < 1.29 is 23.5 Å². The van der Waals surface area contributed by atoms with Crippen molar-refractivity contribution in [3.8, 4) is 0 Å². The fourth-order valence-corrected chi connectivity index (χ4v) is 2.57. The Morgan fingerprint density at radius 2 is 2.08 bits per heavy atom. The maximum Gasteiger partial charge on any atom is 0.341 e. The molecule has 1 N–H and O–H groups in total. The summed E-state index contributed by atoms with van der Waals surface area (Å²) in [5.74, 6) is 0.448. The molecular weight excluding hydrogens is 314 g/mol. The number of amides is 3. The summed E-state index contributed by atoms with van der Waals surface area (Å²) in [7, 11) is 3.17. The number of urea groups is 1. The molecule has 1 fully saturated rings. The number of nitrogens with zero attached hydrogens (tertiary/aromatic N) is 2. The Hall–Kier alpha value is -2.35. The van der Waals surface area contributed by atoms with E-state index in [0.717, 1.165) is 0 Å². The van der Waals surface area contributed by atoms with E-state index in [1.807, 2.05) is 11.9 Å². The maximum atomic E-state index is 12.1. The predicted octanol–water partition coefficient (Wildman–Crippen LogP) is 1.14. The molecule has 2 heterocycles. The van der Waals surface area contributed by atoms with Crippen LogP contribution >= 0.6 is 0 Å². The van der Waals surface area contributed by atoms with Crippen LogP contribution in [-0.2, 0) is 16.1 Å². The van der Waals surface area contributed by atoms with Crippen LogP contribution in [0.5, 0.6) is 0 Å². The average molecular weight is 337 g/mol. The molecule has 0 aromatic carbocycles. The van der Waals surface area contributed by atoms with Gasteiger partial charge in [0.25, 0.3) is 5.91 Å². The van der Waals surface area contributed by atoms with Crippen molar-refractivity contribution in [1.82, 2.24) is 15.1 Å². The van der Waals surface area contributed by atoms with Gasteiger partial charge in [0, 0.05) is 13.1 Å². The summed E-state index contributed by atoms with van der Waals surface area (Å²) in [5, 5.41) is 2.65. The van der Waals surface area contributed by atoms with Crippen LogP contribution < -0.4 is 5.32 Å². The molecule has 0 atom stereocenters. The number of esters is 1. The van der Waals surface area contributed by atoms with Crippen LogP contribution in [0.3, 0.4) is 0 Å². The van der Waals surface area contributed by atoms with Gasteiger partial charge < -0.3 is 14.5 Å². The smallest absolute Gasteiger partial charge is 0.341 e. The highest BCUT2D eigenvalue weighted by Gasteiger charge is 2.43. The van der Waals surface area contributed by atoms with Gasteiger partial charge >= 0.3 is 12.0 Å². The molecule has 8 heteroatoms. The Morgan fingerprint density at radius 3 is 2.62 bits per heavy atom. The molecule has 8 nitrogen and oxygen atoms in total. The normalized spacial score (nSPS) is 16.7. The summed E-state index contributed by atoms with van der Waals surface area (Å²) in [6.45, 7) is 6.28. The molecule has 24 heavy (non-hydrogen) atoms. The third kappa shape index (κ3) is 3.59. The van der Waals surface area contributed by atoms with Gasteiger partial charge in [-0.25, -0.2) is 9.59 Å². The van der Waals surface area contributed by atoms with Gasteiger partial charge in [-0.15, -0.1) is 0 Å². The highest BCUT2D eigenvalue weighted by molar-refractivity contribution is 6.06. The SMILES string of the molecule is COC(=O)c1cc(CN(C)CCN2C(=O)NC(C)(C)C2=O)oc1C. The molecule has 0 aliphatic carbocycles. The van der Waals surface area contributed by atoms with E-state index in [1.54, 1.807) is 26.8 Å². The molecule has 1 aromatic heterocycles. The lowest BCUT2D eigenvalue weighted by Gasteiger charge is -2.20. The third-order valence-corrected chi connectivity index (χ3v) is 3.95. The predicted molar refractivity (Wildman–Crippen MR) is 85.4 cm³/mol. The highest BCUT2D eigenvalue weighted by Crippen LogP contribution is 2.18. The number of furan rings is 1. The number of ether oxygens (including phenoxy) is 1. The minimum absolute atomic E-state index is 0.234. The number of carbonyl (C=O) groups is 3. The number of carbonyl (C=O) groups excluding carboxylic acids is 3. The Labute approximate surface area is 140 Å². The standard InChI is InChI=1S/C16H23N3O5/c1-10-12(13(20)23-5)8-11(24-10)9-18(4)6-7-19-14(21)16(2,3)17-15(19)22/h8H,6-7,9H2,1-5H3,(H,17,22). The van der Waals surface area contributed by atoms with E-state index in [1.165, 1.54) is 12.0 Å². The monoisotopic (exact) mass is 337 g/mol. The second kappa shape index (κ2) is 6.64. The molecule has 2 rings (SSSR count). The van der Waals surface area contributed by atoms with Gasteiger partial charge in [0.2, 0.25) is 0 Å². The van der Waals surface area contributed by atoms with Gasteiger partial charge in [-0.3, -0.25) is 14.6 Å². The number of likely N-dealkylation sites (N-methyl/N-ethyl adjacent to an activating group) is 1. The van der Waals surface area contributed by atoms with Gasteiger partial charge in [-0.1, -0.05) is 0 Å². The van der Waals surface area contributed by atoms with Gasteiger partial charge in [-0.2, -0.15) is 0 Å². The van der Waals surface area contributed by atoms with Gasteiger partial charge in [0.15, 0.2) is 0 Å². The topological polar surface area (TPSA) is 92.1 Å². The number of aryl methyl sites for hydroxylation is 1. The van der Waals surface area contributed by atoms with Crippen LogP contribution in [0, 0.1) is 6.92 Å². The van der Waals surface area contributed by atoms with E-state index in [-0.39, 0.29) is 18.5 Å². The van der Waals surface area contributed by atoms with Crippen LogP contribution in [0.1, 0.15) is 35.7 Å². The van der Waals surface area contributed by atoms with E-state index < -0.39 is 11.5 Å². The summed E-state index contributed by atoms with van der Waals surface area (Å²) in [6.07, 6.45) is 0. The number of hydrogen-bond donors (Lipinski definition) is 1. The van der Waals surface area contributed by atoms with Crippen molar-refractivity contribution in [2.75, 3.05) is 27.2 Å². The molecule has 0 bridgehead atoms. The van der Waals surface area contributed by atoms with E-state index >= 15 is 0 Å². The van der Waals surface area contributed by atoms with E-state index in [9.17, 15) is 14.4 Å². The summed E-state index contributed by atoms with van der Waals surface area (Å²) >= 11 is 0. The average Bonchev–Trinajstić information content (AvgIpc) is 2.94. The maximum absolute atomic E-state index is 12.1. The summed E-state index contributed by atoms with van der Waals surface area (Å²) < 4.78 is 10.2. The van der Waals surface area contributed by atoms with Crippen molar-refractivity contribution >= 4 is 17.9 Å². The fraction of sp³-hybridized carbons (Fsp3) is 0.562.